The molecule has 2 N–H and O–H groups in total. The zero-order valence-corrected chi connectivity index (χ0v) is 20.8. The predicted molar refractivity (Wildman–Crippen MR) is 135 cm³/mol. The highest BCUT2D eigenvalue weighted by Gasteiger charge is 2.22. The average Bonchev–Trinajstić information content (AvgIpc) is 3.24. The zero-order valence-electron chi connectivity index (χ0n) is 20.8. The van der Waals surface area contributed by atoms with Crippen molar-refractivity contribution in [1.82, 2.24) is 19.4 Å². The third-order valence-electron chi connectivity index (χ3n) is 6.33. The second kappa shape index (κ2) is 11.9. The Morgan fingerprint density at radius 1 is 1.21 bits per heavy atom. The lowest BCUT2D eigenvalue weighted by atomic mass is 9.96. The van der Waals surface area contributed by atoms with Crippen LogP contribution >= 0.6 is 0 Å². The number of halogens is 1. The number of fused-ring (bicyclic) bond motifs is 1. The summed E-state index contributed by atoms with van der Waals surface area (Å²) < 4.78 is 16.6. The van der Waals surface area contributed by atoms with E-state index in [-0.39, 0.29) is 11.7 Å². The quantitative estimate of drug-likeness (QED) is 0.538. The number of aromatic nitrogens is 3. The smallest absolute Gasteiger partial charge is 0.231 e. The van der Waals surface area contributed by atoms with Gasteiger partial charge in [-0.2, -0.15) is 0 Å². The van der Waals surface area contributed by atoms with Crippen LogP contribution in [0.25, 0.3) is 11.0 Å². The van der Waals surface area contributed by atoms with Gasteiger partial charge in [-0.25, -0.2) is 14.4 Å². The van der Waals surface area contributed by atoms with Crippen molar-refractivity contribution in [2.75, 3.05) is 31.1 Å². The Bertz CT molecular complexity index is 1090. The van der Waals surface area contributed by atoms with Crippen molar-refractivity contribution >= 4 is 22.8 Å². The van der Waals surface area contributed by atoms with Crippen molar-refractivity contribution < 1.29 is 9.18 Å². The number of carbonyl (C=O) groups is 1. The van der Waals surface area contributed by atoms with Crippen LogP contribution in [0.3, 0.4) is 0 Å². The first-order chi connectivity index (χ1) is 16.4. The minimum atomic E-state index is -0.268. The number of amides is 1. The van der Waals surface area contributed by atoms with Crippen molar-refractivity contribution in [2.45, 2.75) is 53.6 Å². The molecular formula is C26H37FN6O. The Balaban J connectivity index is 0.00000158. The number of primary amides is 1. The van der Waals surface area contributed by atoms with E-state index < -0.39 is 0 Å². The summed E-state index contributed by atoms with van der Waals surface area (Å²) >= 11 is 0. The number of hydrogen-bond acceptors (Lipinski definition) is 5. The minimum Gasteiger partial charge on any atom is -0.369 e. The van der Waals surface area contributed by atoms with Crippen molar-refractivity contribution in [1.29, 1.82) is 0 Å². The maximum atomic E-state index is 14.4. The van der Waals surface area contributed by atoms with Gasteiger partial charge in [-0.05, 0) is 63.4 Å². The number of carbonyl (C=O) groups excluding carboxylic acids is 1. The highest BCUT2D eigenvalue weighted by atomic mass is 19.1. The van der Waals surface area contributed by atoms with Gasteiger partial charge in [0.25, 0.3) is 0 Å². The van der Waals surface area contributed by atoms with Crippen LogP contribution in [0.15, 0.2) is 36.8 Å². The molecule has 0 bridgehead atoms. The largest absolute Gasteiger partial charge is 0.369 e. The molecule has 1 amide bonds. The molecule has 7 nitrogen and oxygen atoms in total. The summed E-state index contributed by atoms with van der Waals surface area (Å²) in [6, 6.07) is 7.42. The fourth-order valence-corrected chi connectivity index (χ4v) is 4.54. The van der Waals surface area contributed by atoms with E-state index >= 15 is 0 Å². The molecule has 1 fully saturated rings. The van der Waals surface area contributed by atoms with Crippen LogP contribution in [0.4, 0.5) is 10.2 Å². The molecule has 34 heavy (non-hydrogen) atoms. The summed E-state index contributed by atoms with van der Waals surface area (Å²) in [6.45, 7) is 12.1. The molecule has 0 atom stereocenters. The molecule has 2 aromatic heterocycles. The van der Waals surface area contributed by atoms with Crippen LogP contribution < -0.4 is 10.6 Å². The van der Waals surface area contributed by atoms with E-state index in [2.05, 4.69) is 43.5 Å². The van der Waals surface area contributed by atoms with Crippen LogP contribution in [-0.4, -0.2) is 51.5 Å². The minimum absolute atomic E-state index is 0.186. The fourth-order valence-electron chi connectivity index (χ4n) is 4.54. The number of nitrogens with zero attached hydrogens (tertiary/aromatic N) is 5. The molecule has 8 heteroatoms. The van der Waals surface area contributed by atoms with E-state index in [0.717, 1.165) is 54.9 Å². The Morgan fingerprint density at radius 3 is 2.59 bits per heavy atom. The number of aryl methyl sites for hydroxylation is 1. The van der Waals surface area contributed by atoms with Gasteiger partial charge in [0.15, 0.2) is 0 Å². The molecule has 1 aliphatic rings. The lowest BCUT2D eigenvalue weighted by Crippen LogP contribution is -2.40. The lowest BCUT2D eigenvalue weighted by molar-refractivity contribution is -0.119. The SMILES string of the molecule is CC.CCN(Cc1ccc(C)cc1F)c1ncnc2c1ccn2CC1CCN(CC(N)=O)CC1. The van der Waals surface area contributed by atoms with Gasteiger partial charge in [-0.1, -0.05) is 26.0 Å². The summed E-state index contributed by atoms with van der Waals surface area (Å²) in [5, 5.41) is 0.980. The van der Waals surface area contributed by atoms with Crippen molar-refractivity contribution in [3.63, 3.8) is 0 Å². The first kappa shape index (κ1) is 25.6. The van der Waals surface area contributed by atoms with E-state index in [1.165, 1.54) is 0 Å². The molecule has 3 aromatic rings. The molecule has 0 radical (unpaired) electrons. The van der Waals surface area contributed by atoms with E-state index in [1.807, 2.05) is 32.9 Å². The van der Waals surface area contributed by atoms with Crippen molar-refractivity contribution in [2.24, 2.45) is 11.7 Å². The fraction of sp³-hybridized carbons (Fsp3) is 0.500. The molecule has 4 rings (SSSR count). The van der Waals surface area contributed by atoms with Gasteiger partial charge in [0, 0.05) is 31.4 Å². The van der Waals surface area contributed by atoms with E-state index in [4.69, 9.17) is 5.73 Å². The standard InChI is InChI=1S/C24H31FN6O.C2H6/c1-3-30(14-19-5-4-17(2)12-21(19)25)23-20-8-11-31(24(20)28-16-27-23)13-18-6-9-29(10-7-18)15-22(26)32;1-2/h4-5,8,11-12,16,18H,3,6-7,9-10,13-15H2,1-2H3,(H2,26,32);1-2H3. The molecule has 3 heterocycles. The maximum Gasteiger partial charge on any atom is 0.231 e. The van der Waals surface area contributed by atoms with Crippen LogP contribution in [0, 0.1) is 18.7 Å². The highest BCUT2D eigenvalue weighted by molar-refractivity contribution is 5.87. The number of nitrogens with two attached hydrogens (primary N) is 1. The summed E-state index contributed by atoms with van der Waals surface area (Å²) in [5.74, 6) is 0.897. The van der Waals surface area contributed by atoms with Crippen molar-refractivity contribution in [3.8, 4) is 0 Å². The van der Waals surface area contributed by atoms with Gasteiger partial charge >= 0.3 is 0 Å². The van der Waals surface area contributed by atoms with E-state index in [9.17, 15) is 9.18 Å². The summed E-state index contributed by atoms with van der Waals surface area (Å²) in [5.41, 5.74) is 7.79. The van der Waals surface area contributed by atoms with Crippen LogP contribution in [0.2, 0.25) is 0 Å². The number of hydrogen-bond donors (Lipinski definition) is 1. The number of anilines is 1. The summed E-state index contributed by atoms with van der Waals surface area (Å²) in [4.78, 5) is 24.5. The van der Waals surface area contributed by atoms with E-state index in [0.29, 0.717) is 31.1 Å². The maximum absolute atomic E-state index is 14.4. The second-order valence-electron chi connectivity index (χ2n) is 8.70. The van der Waals surface area contributed by atoms with Gasteiger partial charge in [-0.3, -0.25) is 9.69 Å². The topological polar surface area (TPSA) is 80.3 Å². The highest BCUT2D eigenvalue weighted by Crippen LogP contribution is 2.28. The first-order valence-electron chi connectivity index (χ1n) is 12.2. The molecule has 0 spiro atoms. The van der Waals surface area contributed by atoms with Crippen LogP contribution in [-0.2, 0) is 17.9 Å². The normalized spacial score (nSPS) is 14.6. The lowest BCUT2D eigenvalue weighted by Gasteiger charge is -2.31. The van der Waals surface area contributed by atoms with Crippen LogP contribution in [0.5, 0.6) is 0 Å². The van der Waals surface area contributed by atoms with Gasteiger partial charge in [0.05, 0.1) is 11.9 Å². The zero-order chi connectivity index (χ0) is 24.7. The van der Waals surface area contributed by atoms with Gasteiger partial charge in [0.1, 0.15) is 23.6 Å². The molecule has 1 aliphatic heterocycles. The van der Waals surface area contributed by atoms with E-state index in [1.54, 1.807) is 12.4 Å². The molecule has 1 saturated heterocycles. The first-order valence-corrected chi connectivity index (χ1v) is 12.2. The Hall–Kier alpha value is -3.00. The molecule has 0 unspecified atom stereocenters. The van der Waals surface area contributed by atoms with Crippen molar-refractivity contribution in [3.05, 3.63) is 53.7 Å². The predicted octanol–water partition coefficient (Wildman–Crippen LogP) is 4.13. The number of likely N-dealkylation sites (tertiary alicyclic amines) is 1. The summed E-state index contributed by atoms with van der Waals surface area (Å²) in [6.07, 6.45) is 5.72. The Kier molecular flexibility index (Phi) is 8.98. The second-order valence-corrected chi connectivity index (χ2v) is 8.70. The third kappa shape index (κ3) is 6.11. The third-order valence-corrected chi connectivity index (χ3v) is 6.33. The molecule has 0 saturated carbocycles. The molecule has 184 valence electrons. The monoisotopic (exact) mass is 468 g/mol. The van der Waals surface area contributed by atoms with Crippen LogP contribution in [0.1, 0.15) is 44.7 Å². The Labute approximate surface area is 201 Å². The number of rotatable bonds is 8. The summed E-state index contributed by atoms with van der Waals surface area (Å²) in [7, 11) is 0. The number of piperidine rings is 1. The van der Waals surface area contributed by atoms with Gasteiger partial charge in [0.2, 0.25) is 5.91 Å². The van der Waals surface area contributed by atoms with Gasteiger partial charge in [-0.15, -0.1) is 0 Å². The number of benzene rings is 1. The van der Waals surface area contributed by atoms with Gasteiger partial charge < -0.3 is 15.2 Å². The molecular weight excluding hydrogens is 431 g/mol. The molecule has 1 aromatic carbocycles. The average molecular weight is 469 g/mol. The Morgan fingerprint density at radius 2 is 1.94 bits per heavy atom. The molecule has 0 aliphatic carbocycles.